The van der Waals surface area contributed by atoms with Crippen LogP contribution >= 0.6 is 11.8 Å². The highest BCUT2D eigenvalue weighted by Gasteiger charge is 2.11. The average Bonchev–Trinajstić information content (AvgIpc) is 3.02. The van der Waals surface area contributed by atoms with Gasteiger partial charge in [0.15, 0.2) is 0 Å². The molecule has 4 heteroatoms. The molecule has 0 aliphatic rings. The van der Waals surface area contributed by atoms with Crippen molar-refractivity contribution in [3.63, 3.8) is 0 Å². The molecule has 0 bridgehead atoms. The summed E-state index contributed by atoms with van der Waals surface area (Å²) >= 11 is 1.74. The van der Waals surface area contributed by atoms with E-state index in [2.05, 4.69) is 42.3 Å². The van der Waals surface area contributed by atoms with Gasteiger partial charge in [0.25, 0.3) is 5.91 Å². The molecule has 0 saturated carbocycles. The van der Waals surface area contributed by atoms with Gasteiger partial charge in [0.05, 0.1) is 5.56 Å². The highest BCUT2D eigenvalue weighted by atomic mass is 32.2. The van der Waals surface area contributed by atoms with Gasteiger partial charge in [0.2, 0.25) is 0 Å². The van der Waals surface area contributed by atoms with Crippen molar-refractivity contribution in [1.29, 1.82) is 0 Å². The Balaban J connectivity index is 1.64. The molecule has 1 heterocycles. The summed E-state index contributed by atoms with van der Waals surface area (Å²) in [6.45, 7) is 4.88. The van der Waals surface area contributed by atoms with Crippen LogP contribution in [0.1, 0.15) is 34.8 Å². The van der Waals surface area contributed by atoms with Crippen molar-refractivity contribution in [3.8, 4) is 0 Å². The maximum absolute atomic E-state index is 12.5. The first-order valence-electron chi connectivity index (χ1n) is 8.75. The number of aromatic nitrogens is 1. The molecule has 0 aliphatic heterocycles. The van der Waals surface area contributed by atoms with E-state index in [0.717, 1.165) is 34.6 Å². The molecule has 0 aliphatic carbocycles. The zero-order valence-corrected chi connectivity index (χ0v) is 15.6. The highest BCUT2D eigenvalue weighted by molar-refractivity contribution is 7.99. The third-order valence-corrected chi connectivity index (χ3v) is 5.48. The molecule has 3 nitrogen and oxygen atoms in total. The van der Waals surface area contributed by atoms with E-state index in [9.17, 15) is 4.79 Å². The van der Waals surface area contributed by atoms with Gasteiger partial charge in [-0.2, -0.15) is 0 Å². The smallest absolute Gasteiger partial charge is 0.252 e. The summed E-state index contributed by atoms with van der Waals surface area (Å²) in [5.41, 5.74) is 4.41. The molecular weight excluding hydrogens is 328 g/mol. The molecule has 3 aromatic rings. The van der Waals surface area contributed by atoms with Crippen molar-refractivity contribution < 1.29 is 4.79 Å². The van der Waals surface area contributed by atoms with E-state index in [0.29, 0.717) is 6.54 Å². The van der Waals surface area contributed by atoms with Crippen LogP contribution in [0.15, 0.2) is 53.6 Å². The number of hydrogen-bond donors (Lipinski definition) is 2. The summed E-state index contributed by atoms with van der Waals surface area (Å²) in [6.07, 6.45) is 3.96. The number of fused-ring (bicyclic) bond motifs is 1. The summed E-state index contributed by atoms with van der Waals surface area (Å²) in [4.78, 5) is 16.9. The van der Waals surface area contributed by atoms with Gasteiger partial charge < -0.3 is 10.3 Å². The predicted molar refractivity (Wildman–Crippen MR) is 107 cm³/mol. The number of H-pyrrole nitrogens is 1. The number of hydrogen-bond acceptors (Lipinski definition) is 2. The molecule has 0 radical (unpaired) electrons. The first-order valence-corrected chi connectivity index (χ1v) is 9.74. The SMILES string of the molecule is CCCSc1ccccc1C(=O)NCCc1c[nH]c2ccc(C)cc12. The fourth-order valence-electron chi connectivity index (χ4n) is 2.90. The number of rotatable bonds is 7. The Morgan fingerprint density at radius 3 is 2.88 bits per heavy atom. The van der Waals surface area contributed by atoms with Gasteiger partial charge >= 0.3 is 0 Å². The minimum absolute atomic E-state index is 0.00947. The summed E-state index contributed by atoms with van der Waals surface area (Å²) in [5.74, 6) is 1.04. The average molecular weight is 353 g/mol. The predicted octanol–water partition coefficient (Wildman–Crippen LogP) is 4.95. The molecule has 0 unspecified atom stereocenters. The van der Waals surface area contributed by atoms with E-state index < -0.39 is 0 Å². The van der Waals surface area contributed by atoms with Crippen LogP contribution in [0.3, 0.4) is 0 Å². The van der Waals surface area contributed by atoms with Crippen molar-refractivity contribution >= 4 is 28.6 Å². The third kappa shape index (κ3) is 4.26. The lowest BCUT2D eigenvalue weighted by Gasteiger charge is -2.09. The highest BCUT2D eigenvalue weighted by Crippen LogP contribution is 2.23. The van der Waals surface area contributed by atoms with Gasteiger partial charge in [0.1, 0.15) is 0 Å². The largest absolute Gasteiger partial charge is 0.361 e. The molecule has 2 aromatic carbocycles. The van der Waals surface area contributed by atoms with E-state index in [-0.39, 0.29) is 5.91 Å². The molecule has 130 valence electrons. The van der Waals surface area contributed by atoms with Crippen LogP contribution in [0.5, 0.6) is 0 Å². The number of thioether (sulfide) groups is 1. The second-order valence-electron chi connectivity index (χ2n) is 6.21. The minimum Gasteiger partial charge on any atom is -0.361 e. The number of aromatic amines is 1. The fourth-order valence-corrected chi connectivity index (χ4v) is 3.81. The Morgan fingerprint density at radius 1 is 1.20 bits per heavy atom. The lowest BCUT2D eigenvalue weighted by molar-refractivity contribution is 0.0951. The number of amides is 1. The van der Waals surface area contributed by atoms with Crippen molar-refractivity contribution in [2.24, 2.45) is 0 Å². The normalized spacial score (nSPS) is 11.0. The monoisotopic (exact) mass is 352 g/mol. The second-order valence-corrected chi connectivity index (χ2v) is 7.35. The Bertz CT molecular complexity index is 869. The van der Waals surface area contributed by atoms with Crippen LogP contribution in [0.25, 0.3) is 10.9 Å². The van der Waals surface area contributed by atoms with Crippen LogP contribution in [-0.2, 0) is 6.42 Å². The van der Waals surface area contributed by atoms with Gasteiger partial charge in [-0.3, -0.25) is 4.79 Å². The molecule has 3 rings (SSSR count). The number of benzene rings is 2. The van der Waals surface area contributed by atoms with Gasteiger partial charge in [-0.1, -0.05) is 30.7 Å². The standard InChI is InChI=1S/C21H24N2OS/c1-3-12-25-20-7-5-4-6-17(20)21(24)22-11-10-16-14-23-19-9-8-15(2)13-18(16)19/h4-9,13-14,23H,3,10-12H2,1-2H3,(H,22,24). The lowest BCUT2D eigenvalue weighted by atomic mass is 10.1. The van der Waals surface area contributed by atoms with Crippen molar-refractivity contribution in [2.45, 2.75) is 31.6 Å². The van der Waals surface area contributed by atoms with Gasteiger partial charge in [0, 0.05) is 28.5 Å². The minimum atomic E-state index is 0.00947. The van der Waals surface area contributed by atoms with E-state index in [4.69, 9.17) is 0 Å². The zero-order chi connectivity index (χ0) is 17.6. The number of aryl methyl sites for hydroxylation is 1. The topological polar surface area (TPSA) is 44.9 Å². The van der Waals surface area contributed by atoms with E-state index >= 15 is 0 Å². The quantitative estimate of drug-likeness (QED) is 0.591. The van der Waals surface area contributed by atoms with Crippen LogP contribution in [0.2, 0.25) is 0 Å². The molecule has 0 atom stereocenters. The second kappa shape index (κ2) is 8.26. The van der Waals surface area contributed by atoms with Crippen LogP contribution in [0, 0.1) is 6.92 Å². The Labute approximate surface area is 153 Å². The molecule has 0 saturated heterocycles. The Kier molecular flexibility index (Phi) is 5.82. The van der Waals surface area contributed by atoms with Crippen LogP contribution in [-0.4, -0.2) is 23.2 Å². The van der Waals surface area contributed by atoms with Crippen molar-refractivity contribution in [1.82, 2.24) is 10.3 Å². The van der Waals surface area contributed by atoms with E-state index in [1.54, 1.807) is 11.8 Å². The Hall–Kier alpha value is -2.20. The third-order valence-electron chi connectivity index (χ3n) is 4.20. The first-order chi connectivity index (χ1) is 12.2. The summed E-state index contributed by atoms with van der Waals surface area (Å²) in [5, 5.41) is 4.31. The molecule has 1 amide bonds. The molecule has 2 N–H and O–H groups in total. The summed E-state index contributed by atoms with van der Waals surface area (Å²) in [6, 6.07) is 14.2. The number of carbonyl (C=O) groups excluding carboxylic acids is 1. The number of carbonyl (C=O) groups is 1. The molecule has 25 heavy (non-hydrogen) atoms. The van der Waals surface area contributed by atoms with Crippen LogP contribution in [0.4, 0.5) is 0 Å². The Morgan fingerprint density at radius 2 is 2.04 bits per heavy atom. The molecule has 1 aromatic heterocycles. The van der Waals surface area contributed by atoms with Crippen LogP contribution < -0.4 is 5.32 Å². The van der Waals surface area contributed by atoms with Crippen molar-refractivity contribution in [2.75, 3.05) is 12.3 Å². The maximum Gasteiger partial charge on any atom is 0.252 e. The molecular formula is C21H24N2OS. The summed E-state index contributed by atoms with van der Waals surface area (Å²) < 4.78 is 0. The van der Waals surface area contributed by atoms with Gasteiger partial charge in [-0.15, -0.1) is 11.8 Å². The maximum atomic E-state index is 12.5. The number of nitrogens with one attached hydrogen (secondary N) is 2. The molecule has 0 fully saturated rings. The van der Waals surface area contributed by atoms with Gasteiger partial charge in [-0.25, -0.2) is 0 Å². The summed E-state index contributed by atoms with van der Waals surface area (Å²) in [7, 11) is 0. The van der Waals surface area contributed by atoms with Crippen molar-refractivity contribution in [3.05, 3.63) is 65.4 Å². The van der Waals surface area contributed by atoms with E-state index in [1.165, 1.54) is 16.5 Å². The fraction of sp³-hybridized carbons (Fsp3) is 0.286. The first kappa shape index (κ1) is 17.6. The lowest BCUT2D eigenvalue weighted by Crippen LogP contribution is -2.26. The molecule has 0 spiro atoms. The van der Waals surface area contributed by atoms with Gasteiger partial charge in [-0.05, 0) is 55.3 Å². The zero-order valence-electron chi connectivity index (χ0n) is 14.8. The van der Waals surface area contributed by atoms with E-state index in [1.807, 2.05) is 30.5 Å².